The molecule has 0 fully saturated rings. The number of para-hydroxylation sites is 1. The van der Waals surface area contributed by atoms with Gasteiger partial charge in [0.15, 0.2) is 23.3 Å². The summed E-state index contributed by atoms with van der Waals surface area (Å²) in [6.45, 7) is 0. The van der Waals surface area contributed by atoms with Gasteiger partial charge < -0.3 is 0 Å². The van der Waals surface area contributed by atoms with E-state index in [1.54, 1.807) is 30.3 Å². The Hall–Kier alpha value is -2.43. The number of rotatable bonds is 1. The molecule has 0 saturated heterocycles. The zero-order valence-corrected chi connectivity index (χ0v) is 10.0. The van der Waals surface area contributed by atoms with Crippen LogP contribution in [0.2, 0.25) is 0 Å². The van der Waals surface area contributed by atoms with E-state index in [0.29, 0.717) is 5.52 Å². The van der Waals surface area contributed by atoms with Crippen molar-refractivity contribution in [3.63, 3.8) is 0 Å². The molecule has 0 saturated carbocycles. The smallest absolute Gasteiger partial charge is 0.171 e. The summed E-state index contributed by atoms with van der Waals surface area (Å²) in [5.41, 5.74) is -0.473. The van der Waals surface area contributed by atoms with Gasteiger partial charge >= 0.3 is 0 Å². The van der Waals surface area contributed by atoms with Crippen molar-refractivity contribution in [3.05, 3.63) is 65.7 Å². The molecule has 1 heterocycles. The molecule has 0 N–H and O–H groups in total. The summed E-state index contributed by atoms with van der Waals surface area (Å²) in [6.07, 6.45) is 0. The highest BCUT2D eigenvalue weighted by Gasteiger charge is 2.21. The number of fused-ring (bicyclic) bond motifs is 1. The number of benzene rings is 2. The van der Waals surface area contributed by atoms with E-state index in [0.717, 1.165) is 5.39 Å². The lowest BCUT2D eigenvalue weighted by molar-refractivity contribution is 0.458. The number of hydrogen-bond acceptors (Lipinski definition) is 1. The summed E-state index contributed by atoms with van der Waals surface area (Å²) in [4.78, 5) is 4.04. The first kappa shape index (κ1) is 12.6. The van der Waals surface area contributed by atoms with E-state index in [1.165, 1.54) is 6.07 Å². The third-order valence-corrected chi connectivity index (χ3v) is 2.97. The van der Waals surface area contributed by atoms with Crippen LogP contribution in [0.3, 0.4) is 0 Å². The van der Waals surface area contributed by atoms with Gasteiger partial charge in [0, 0.05) is 11.5 Å². The van der Waals surface area contributed by atoms with Crippen LogP contribution >= 0.6 is 0 Å². The van der Waals surface area contributed by atoms with Gasteiger partial charge in [-0.1, -0.05) is 24.3 Å². The number of halogens is 4. The first-order valence-corrected chi connectivity index (χ1v) is 5.77. The molecular formula is C15H7F4N. The highest BCUT2D eigenvalue weighted by Crippen LogP contribution is 2.29. The van der Waals surface area contributed by atoms with Crippen molar-refractivity contribution in [1.82, 2.24) is 4.98 Å². The van der Waals surface area contributed by atoms with E-state index in [-0.39, 0.29) is 11.8 Å². The van der Waals surface area contributed by atoms with Gasteiger partial charge in [-0.3, -0.25) is 0 Å². The van der Waals surface area contributed by atoms with E-state index >= 15 is 0 Å². The molecule has 0 unspecified atom stereocenters. The Morgan fingerprint density at radius 3 is 2.10 bits per heavy atom. The monoisotopic (exact) mass is 277 g/mol. The largest absolute Gasteiger partial charge is 0.248 e. The first-order valence-electron chi connectivity index (χ1n) is 5.77. The van der Waals surface area contributed by atoms with Gasteiger partial charge in [0.2, 0.25) is 0 Å². The molecule has 1 aromatic heterocycles. The minimum absolute atomic E-state index is 0.155. The number of hydrogen-bond donors (Lipinski definition) is 0. The zero-order valence-electron chi connectivity index (χ0n) is 10.0. The molecule has 0 radical (unpaired) electrons. The molecule has 0 bridgehead atoms. The Balaban J connectivity index is 2.30. The lowest BCUT2D eigenvalue weighted by Gasteiger charge is -2.07. The van der Waals surface area contributed by atoms with Gasteiger partial charge in [0.05, 0.1) is 16.8 Å². The number of nitrogens with zero attached hydrogens (tertiary/aromatic N) is 1. The summed E-state index contributed by atoms with van der Waals surface area (Å²) in [6, 6.07) is 9.98. The summed E-state index contributed by atoms with van der Waals surface area (Å²) in [5, 5.41) is 0.758. The fourth-order valence-corrected chi connectivity index (χ4v) is 2.00. The lowest BCUT2D eigenvalue weighted by Crippen LogP contribution is -2.00. The summed E-state index contributed by atoms with van der Waals surface area (Å²) in [5.74, 6) is -5.80. The van der Waals surface area contributed by atoms with Crippen molar-refractivity contribution in [2.24, 2.45) is 0 Å². The van der Waals surface area contributed by atoms with Crippen molar-refractivity contribution < 1.29 is 17.6 Å². The van der Waals surface area contributed by atoms with E-state index in [1.807, 2.05) is 0 Å². The van der Waals surface area contributed by atoms with Crippen molar-refractivity contribution in [2.45, 2.75) is 0 Å². The second-order valence-electron chi connectivity index (χ2n) is 4.23. The van der Waals surface area contributed by atoms with Crippen LogP contribution < -0.4 is 0 Å². The molecule has 0 aliphatic carbocycles. The first-order chi connectivity index (χ1) is 9.58. The minimum Gasteiger partial charge on any atom is -0.248 e. The average Bonchev–Trinajstić information content (AvgIpc) is 2.45. The number of aromatic nitrogens is 1. The highest BCUT2D eigenvalue weighted by molar-refractivity contribution is 5.81. The molecule has 0 aliphatic rings. The SMILES string of the molecule is Fc1cc(F)c(F)c(-c2ccc3ccccc3n2)c1F. The molecule has 2 aromatic carbocycles. The predicted molar refractivity (Wildman–Crippen MR) is 67.0 cm³/mol. The van der Waals surface area contributed by atoms with Crippen LogP contribution in [-0.4, -0.2) is 4.98 Å². The highest BCUT2D eigenvalue weighted by atomic mass is 19.2. The average molecular weight is 277 g/mol. The predicted octanol–water partition coefficient (Wildman–Crippen LogP) is 4.46. The van der Waals surface area contributed by atoms with Crippen LogP contribution in [0.15, 0.2) is 42.5 Å². The normalized spacial score (nSPS) is 11.0. The van der Waals surface area contributed by atoms with E-state index < -0.39 is 28.8 Å². The van der Waals surface area contributed by atoms with Gasteiger partial charge in [-0.05, 0) is 12.1 Å². The summed E-state index contributed by atoms with van der Waals surface area (Å²) < 4.78 is 53.8. The molecule has 3 rings (SSSR count). The fourth-order valence-electron chi connectivity index (χ4n) is 2.00. The van der Waals surface area contributed by atoms with E-state index in [2.05, 4.69) is 4.98 Å². The third kappa shape index (κ3) is 1.91. The minimum atomic E-state index is -1.45. The molecule has 3 aromatic rings. The van der Waals surface area contributed by atoms with Crippen LogP contribution in [0, 0.1) is 23.3 Å². The molecule has 0 spiro atoms. The molecule has 0 atom stereocenters. The van der Waals surface area contributed by atoms with Gasteiger partial charge in [0.1, 0.15) is 0 Å². The van der Waals surface area contributed by atoms with Crippen LogP contribution in [-0.2, 0) is 0 Å². The van der Waals surface area contributed by atoms with Gasteiger partial charge in [-0.15, -0.1) is 0 Å². The van der Waals surface area contributed by atoms with Crippen LogP contribution in [0.4, 0.5) is 17.6 Å². The fraction of sp³-hybridized carbons (Fsp3) is 0. The van der Waals surface area contributed by atoms with E-state index in [9.17, 15) is 17.6 Å². The van der Waals surface area contributed by atoms with Crippen molar-refractivity contribution in [1.29, 1.82) is 0 Å². The van der Waals surface area contributed by atoms with Crippen molar-refractivity contribution >= 4 is 10.9 Å². The maximum absolute atomic E-state index is 13.7. The molecule has 5 heteroatoms. The van der Waals surface area contributed by atoms with Gasteiger partial charge in [-0.2, -0.15) is 0 Å². The van der Waals surface area contributed by atoms with Crippen molar-refractivity contribution in [2.75, 3.05) is 0 Å². The molecule has 1 nitrogen and oxygen atoms in total. The Bertz CT molecular complexity index is 788. The molecular weight excluding hydrogens is 270 g/mol. The molecule has 100 valence electrons. The Labute approximate surface area is 111 Å². The van der Waals surface area contributed by atoms with E-state index in [4.69, 9.17) is 0 Å². The van der Waals surface area contributed by atoms with Gasteiger partial charge in [-0.25, -0.2) is 22.5 Å². The molecule has 0 amide bonds. The standard InChI is InChI=1S/C15H7F4N/c16-9-7-10(17)15(19)13(14(9)18)12-6-5-8-3-1-2-4-11(8)20-12/h1-7H. The topological polar surface area (TPSA) is 12.9 Å². The summed E-state index contributed by atoms with van der Waals surface area (Å²) in [7, 11) is 0. The second kappa shape index (κ2) is 4.59. The lowest BCUT2D eigenvalue weighted by atomic mass is 10.1. The Morgan fingerprint density at radius 1 is 0.750 bits per heavy atom. The maximum atomic E-state index is 13.7. The van der Waals surface area contributed by atoms with Gasteiger partial charge in [0.25, 0.3) is 0 Å². The van der Waals surface area contributed by atoms with Crippen molar-refractivity contribution in [3.8, 4) is 11.3 Å². The molecule has 20 heavy (non-hydrogen) atoms. The Kier molecular flexibility index (Phi) is 2.89. The van der Waals surface area contributed by atoms with Crippen LogP contribution in [0.1, 0.15) is 0 Å². The zero-order chi connectivity index (χ0) is 14.3. The third-order valence-electron chi connectivity index (χ3n) is 2.97. The number of pyridine rings is 1. The quantitative estimate of drug-likeness (QED) is 0.473. The maximum Gasteiger partial charge on any atom is 0.171 e. The second-order valence-corrected chi connectivity index (χ2v) is 4.23. The molecule has 0 aliphatic heterocycles. The summed E-state index contributed by atoms with van der Waals surface area (Å²) >= 11 is 0. The van der Waals surface area contributed by atoms with Crippen LogP contribution in [0.25, 0.3) is 22.2 Å². The Morgan fingerprint density at radius 2 is 1.40 bits per heavy atom. The van der Waals surface area contributed by atoms with Crippen LogP contribution in [0.5, 0.6) is 0 Å².